The zero-order valence-electron chi connectivity index (χ0n) is 5.98. The molecule has 0 saturated heterocycles. The highest BCUT2D eigenvalue weighted by molar-refractivity contribution is 5.90. The van der Waals surface area contributed by atoms with Crippen LogP contribution in [0.1, 0.15) is 26.7 Å². The Kier molecular flexibility index (Phi) is 3.93. The molecule has 0 bridgehead atoms. The number of nitrogens with one attached hydrogen (secondary N) is 1. The van der Waals surface area contributed by atoms with Gasteiger partial charge < -0.3 is 5.41 Å². The molecule has 1 N–H and O–H groups in total. The summed E-state index contributed by atoms with van der Waals surface area (Å²) < 4.78 is 0. The van der Waals surface area contributed by atoms with Crippen molar-refractivity contribution in [1.82, 2.24) is 0 Å². The van der Waals surface area contributed by atoms with E-state index in [1.807, 2.05) is 13.8 Å². The van der Waals surface area contributed by atoms with Crippen LogP contribution in [-0.4, -0.2) is 12.0 Å². The van der Waals surface area contributed by atoms with Gasteiger partial charge in [0.2, 0.25) is 0 Å². The SMILES string of the molecule is CC(C)CC(=O)CC=N. The molecule has 0 rings (SSSR count). The highest BCUT2D eigenvalue weighted by Gasteiger charge is 2.01. The van der Waals surface area contributed by atoms with Crippen molar-refractivity contribution in [2.75, 3.05) is 0 Å². The Morgan fingerprint density at radius 1 is 1.67 bits per heavy atom. The van der Waals surface area contributed by atoms with Crippen molar-refractivity contribution in [3.63, 3.8) is 0 Å². The van der Waals surface area contributed by atoms with Gasteiger partial charge in [-0.05, 0) is 5.92 Å². The molecule has 0 aromatic rings. The van der Waals surface area contributed by atoms with Crippen molar-refractivity contribution in [1.29, 1.82) is 5.41 Å². The van der Waals surface area contributed by atoms with E-state index >= 15 is 0 Å². The third kappa shape index (κ3) is 5.21. The minimum atomic E-state index is 0.167. The number of Topliss-reactive ketones (excluding diaryl/α,β-unsaturated/α-hetero) is 1. The molecular formula is C7H13NO. The van der Waals surface area contributed by atoms with E-state index in [1.54, 1.807) is 0 Å². The molecule has 2 nitrogen and oxygen atoms in total. The zero-order valence-corrected chi connectivity index (χ0v) is 5.98. The molecule has 0 heterocycles. The average Bonchev–Trinajstić information content (AvgIpc) is 1.63. The van der Waals surface area contributed by atoms with Gasteiger partial charge in [0.05, 0.1) is 0 Å². The molecule has 2 heteroatoms. The van der Waals surface area contributed by atoms with Crippen LogP contribution in [0.3, 0.4) is 0 Å². The van der Waals surface area contributed by atoms with Gasteiger partial charge in [0, 0.05) is 19.1 Å². The number of hydrogen-bond donors (Lipinski definition) is 1. The summed E-state index contributed by atoms with van der Waals surface area (Å²) in [6.07, 6.45) is 2.07. The van der Waals surface area contributed by atoms with E-state index in [0.717, 1.165) is 6.21 Å². The van der Waals surface area contributed by atoms with Gasteiger partial charge in [-0.3, -0.25) is 4.79 Å². The fraction of sp³-hybridized carbons (Fsp3) is 0.714. The highest BCUT2D eigenvalue weighted by atomic mass is 16.1. The van der Waals surface area contributed by atoms with E-state index < -0.39 is 0 Å². The topological polar surface area (TPSA) is 40.9 Å². The standard InChI is InChI=1S/C7H13NO/c1-6(2)5-7(9)3-4-8/h4,6,8H,3,5H2,1-2H3. The first-order valence-electron chi connectivity index (χ1n) is 3.17. The van der Waals surface area contributed by atoms with Crippen LogP contribution >= 0.6 is 0 Å². The Balaban J connectivity index is 3.38. The van der Waals surface area contributed by atoms with Crippen LogP contribution in [0.5, 0.6) is 0 Å². The van der Waals surface area contributed by atoms with Gasteiger partial charge in [-0.15, -0.1) is 0 Å². The zero-order chi connectivity index (χ0) is 7.28. The predicted octanol–water partition coefficient (Wildman–Crippen LogP) is 1.64. The summed E-state index contributed by atoms with van der Waals surface area (Å²) in [7, 11) is 0. The number of rotatable bonds is 4. The van der Waals surface area contributed by atoms with Crippen LogP contribution in [0.15, 0.2) is 0 Å². The summed E-state index contributed by atoms with van der Waals surface area (Å²) >= 11 is 0. The van der Waals surface area contributed by atoms with E-state index in [0.29, 0.717) is 18.8 Å². The lowest BCUT2D eigenvalue weighted by atomic mass is 10.1. The first-order chi connectivity index (χ1) is 4.16. The molecule has 0 aromatic carbocycles. The van der Waals surface area contributed by atoms with E-state index in [1.165, 1.54) is 0 Å². The van der Waals surface area contributed by atoms with Crippen molar-refractivity contribution in [2.24, 2.45) is 5.92 Å². The van der Waals surface area contributed by atoms with Gasteiger partial charge in [0.1, 0.15) is 5.78 Å². The molecular weight excluding hydrogens is 114 g/mol. The molecule has 0 fully saturated rings. The molecule has 0 aliphatic carbocycles. The van der Waals surface area contributed by atoms with Gasteiger partial charge in [-0.25, -0.2) is 0 Å². The average molecular weight is 127 g/mol. The molecule has 0 unspecified atom stereocenters. The molecule has 0 saturated carbocycles. The van der Waals surface area contributed by atoms with Crippen LogP contribution in [0.25, 0.3) is 0 Å². The van der Waals surface area contributed by atoms with Gasteiger partial charge in [-0.2, -0.15) is 0 Å². The molecule has 0 atom stereocenters. The van der Waals surface area contributed by atoms with Gasteiger partial charge in [-0.1, -0.05) is 13.8 Å². The monoisotopic (exact) mass is 127 g/mol. The van der Waals surface area contributed by atoms with Crippen LogP contribution in [-0.2, 0) is 4.79 Å². The van der Waals surface area contributed by atoms with Crippen molar-refractivity contribution >= 4 is 12.0 Å². The Bertz CT molecular complexity index is 107. The number of ketones is 1. The van der Waals surface area contributed by atoms with Crippen LogP contribution in [0, 0.1) is 11.3 Å². The fourth-order valence-electron chi connectivity index (χ4n) is 0.653. The summed E-state index contributed by atoms with van der Waals surface area (Å²) in [5.74, 6) is 0.595. The van der Waals surface area contributed by atoms with Gasteiger partial charge in [0.15, 0.2) is 0 Å². The maximum atomic E-state index is 10.7. The molecule has 0 aliphatic heterocycles. The third-order valence-corrected chi connectivity index (χ3v) is 0.966. The molecule has 0 amide bonds. The quantitative estimate of drug-likeness (QED) is 0.573. The lowest BCUT2D eigenvalue weighted by Gasteiger charge is -1.98. The molecule has 0 aromatic heterocycles. The molecule has 9 heavy (non-hydrogen) atoms. The second kappa shape index (κ2) is 4.24. The van der Waals surface area contributed by atoms with Crippen molar-refractivity contribution in [3.05, 3.63) is 0 Å². The van der Waals surface area contributed by atoms with E-state index in [2.05, 4.69) is 0 Å². The summed E-state index contributed by atoms with van der Waals surface area (Å²) in [5, 5.41) is 6.63. The molecule has 0 aliphatic rings. The molecule has 0 spiro atoms. The van der Waals surface area contributed by atoms with Crippen LogP contribution in [0.4, 0.5) is 0 Å². The minimum Gasteiger partial charge on any atom is -0.313 e. The van der Waals surface area contributed by atoms with Crippen molar-refractivity contribution in [3.8, 4) is 0 Å². The summed E-state index contributed by atoms with van der Waals surface area (Å²) in [6, 6.07) is 0. The number of carbonyl (C=O) groups excluding carboxylic acids is 1. The largest absolute Gasteiger partial charge is 0.313 e. The second-order valence-corrected chi connectivity index (χ2v) is 2.54. The van der Waals surface area contributed by atoms with E-state index in [9.17, 15) is 4.79 Å². The third-order valence-electron chi connectivity index (χ3n) is 0.966. The van der Waals surface area contributed by atoms with E-state index in [-0.39, 0.29) is 5.78 Å². The Morgan fingerprint density at radius 2 is 2.22 bits per heavy atom. The second-order valence-electron chi connectivity index (χ2n) is 2.54. The van der Waals surface area contributed by atoms with E-state index in [4.69, 9.17) is 5.41 Å². The van der Waals surface area contributed by atoms with Crippen molar-refractivity contribution in [2.45, 2.75) is 26.7 Å². The predicted molar refractivity (Wildman–Crippen MR) is 37.9 cm³/mol. The van der Waals surface area contributed by atoms with Crippen molar-refractivity contribution < 1.29 is 4.79 Å². The van der Waals surface area contributed by atoms with Crippen LogP contribution in [0.2, 0.25) is 0 Å². The summed E-state index contributed by atoms with van der Waals surface area (Å²) in [4.78, 5) is 10.7. The minimum absolute atomic E-state index is 0.167. The van der Waals surface area contributed by atoms with Gasteiger partial charge >= 0.3 is 0 Å². The summed E-state index contributed by atoms with van der Waals surface area (Å²) in [6.45, 7) is 4.00. The molecule has 0 radical (unpaired) electrons. The lowest BCUT2D eigenvalue weighted by molar-refractivity contribution is -0.118. The van der Waals surface area contributed by atoms with Crippen LogP contribution < -0.4 is 0 Å². The number of carbonyl (C=O) groups is 1. The number of hydrogen-bond acceptors (Lipinski definition) is 2. The molecule has 52 valence electrons. The first-order valence-corrected chi connectivity index (χ1v) is 3.17. The lowest BCUT2D eigenvalue weighted by Crippen LogP contribution is -2.02. The smallest absolute Gasteiger partial charge is 0.138 e. The first kappa shape index (κ1) is 8.34. The summed E-state index contributed by atoms with van der Waals surface area (Å²) in [5.41, 5.74) is 0. The maximum Gasteiger partial charge on any atom is 0.138 e. The Hall–Kier alpha value is -0.660. The Labute approximate surface area is 55.8 Å². The van der Waals surface area contributed by atoms with Gasteiger partial charge in [0.25, 0.3) is 0 Å². The normalized spacial score (nSPS) is 9.67. The fourth-order valence-corrected chi connectivity index (χ4v) is 0.653. The maximum absolute atomic E-state index is 10.7. The Morgan fingerprint density at radius 3 is 2.56 bits per heavy atom. The highest BCUT2D eigenvalue weighted by Crippen LogP contribution is 2.00.